The highest BCUT2D eigenvalue weighted by atomic mass is 19.1. The van der Waals surface area contributed by atoms with Crippen molar-refractivity contribution in [3.05, 3.63) is 30.1 Å². The van der Waals surface area contributed by atoms with Crippen LogP contribution in [0.2, 0.25) is 0 Å². The lowest BCUT2D eigenvalue weighted by Crippen LogP contribution is -2.32. The third kappa shape index (κ3) is 3.91. The highest BCUT2D eigenvalue weighted by Crippen LogP contribution is 2.22. The molecule has 0 atom stereocenters. The number of amidine groups is 1. The summed E-state index contributed by atoms with van der Waals surface area (Å²) in [5.41, 5.74) is 5.73. The molecule has 0 bridgehead atoms. The minimum absolute atomic E-state index is 0.216. The number of halogens is 1. The maximum atomic E-state index is 13.3. The van der Waals surface area contributed by atoms with Crippen molar-refractivity contribution < 1.29 is 9.60 Å². The van der Waals surface area contributed by atoms with Crippen LogP contribution in [0.4, 0.5) is 10.1 Å². The van der Waals surface area contributed by atoms with Gasteiger partial charge >= 0.3 is 0 Å². The standard InChI is InChI=1S/C13H20FN3O/c1-13(2,12(15)17-18)8-5-9-16-11-7-4-3-6-10(11)14/h3-4,6-7,16,18H,5,8-9H2,1-2H3,(H2,15,17). The van der Waals surface area contributed by atoms with Gasteiger partial charge in [-0.25, -0.2) is 4.39 Å². The molecule has 0 saturated heterocycles. The van der Waals surface area contributed by atoms with Gasteiger partial charge in [-0.2, -0.15) is 0 Å². The van der Waals surface area contributed by atoms with Crippen molar-refractivity contribution >= 4 is 11.5 Å². The lowest BCUT2D eigenvalue weighted by molar-refractivity contribution is 0.305. The third-order valence-corrected chi connectivity index (χ3v) is 2.97. The second-order valence-electron chi connectivity index (χ2n) is 4.88. The van der Waals surface area contributed by atoms with Crippen LogP contribution in [0.3, 0.4) is 0 Å². The van der Waals surface area contributed by atoms with Crippen molar-refractivity contribution in [3.8, 4) is 0 Å². The smallest absolute Gasteiger partial charge is 0.146 e. The number of para-hydroxylation sites is 1. The Morgan fingerprint density at radius 1 is 1.44 bits per heavy atom. The second-order valence-corrected chi connectivity index (χ2v) is 4.88. The van der Waals surface area contributed by atoms with E-state index in [1.807, 2.05) is 13.8 Å². The molecule has 0 saturated carbocycles. The van der Waals surface area contributed by atoms with Crippen molar-refractivity contribution in [2.75, 3.05) is 11.9 Å². The zero-order valence-corrected chi connectivity index (χ0v) is 10.8. The van der Waals surface area contributed by atoms with Crippen LogP contribution >= 0.6 is 0 Å². The zero-order valence-electron chi connectivity index (χ0n) is 10.8. The first kappa shape index (κ1) is 14.3. The fraction of sp³-hybridized carbons (Fsp3) is 0.462. The quantitative estimate of drug-likeness (QED) is 0.240. The summed E-state index contributed by atoms with van der Waals surface area (Å²) in [6.07, 6.45) is 1.56. The number of rotatable bonds is 6. The summed E-state index contributed by atoms with van der Waals surface area (Å²) < 4.78 is 13.3. The van der Waals surface area contributed by atoms with Crippen LogP contribution in [0.15, 0.2) is 29.4 Å². The molecule has 0 spiro atoms. The van der Waals surface area contributed by atoms with Gasteiger partial charge < -0.3 is 16.3 Å². The van der Waals surface area contributed by atoms with Gasteiger partial charge in [0.2, 0.25) is 0 Å². The highest BCUT2D eigenvalue weighted by molar-refractivity contribution is 5.85. The fourth-order valence-electron chi connectivity index (χ4n) is 1.62. The molecular weight excluding hydrogens is 233 g/mol. The molecule has 0 amide bonds. The van der Waals surface area contributed by atoms with E-state index in [0.29, 0.717) is 12.2 Å². The molecule has 4 N–H and O–H groups in total. The molecule has 0 fully saturated rings. The Hall–Kier alpha value is -1.78. The van der Waals surface area contributed by atoms with Gasteiger partial charge in [-0.05, 0) is 25.0 Å². The van der Waals surface area contributed by atoms with E-state index in [1.54, 1.807) is 18.2 Å². The number of anilines is 1. The zero-order chi connectivity index (χ0) is 13.6. The Bertz CT molecular complexity index is 418. The molecule has 1 aromatic rings. The van der Waals surface area contributed by atoms with Crippen molar-refractivity contribution in [2.45, 2.75) is 26.7 Å². The van der Waals surface area contributed by atoms with Crippen molar-refractivity contribution in [2.24, 2.45) is 16.3 Å². The number of nitrogens with zero attached hydrogens (tertiary/aromatic N) is 1. The number of hydrogen-bond donors (Lipinski definition) is 3. The monoisotopic (exact) mass is 253 g/mol. The van der Waals surface area contributed by atoms with Gasteiger partial charge in [0.15, 0.2) is 0 Å². The summed E-state index contributed by atoms with van der Waals surface area (Å²) >= 11 is 0. The summed E-state index contributed by atoms with van der Waals surface area (Å²) in [6.45, 7) is 4.46. The predicted molar refractivity (Wildman–Crippen MR) is 71.3 cm³/mol. The van der Waals surface area contributed by atoms with E-state index in [-0.39, 0.29) is 17.1 Å². The van der Waals surface area contributed by atoms with E-state index in [4.69, 9.17) is 10.9 Å². The first-order chi connectivity index (χ1) is 8.47. The van der Waals surface area contributed by atoms with E-state index in [9.17, 15) is 4.39 Å². The van der Waals surface area contributed by atoms with E-state index in [0.717, 1.165) is 12.8 Å². The first-order valence-electron chi connectivity index (χ1n) is 5.94. The van der Waals surface area contributed by atoms with Gasteiger partial charge in [0.25, 0.3) is 0 Å². The number of benzene rings is 1. The van der Waals surface area contributed by atoms with E-state index in [2.05, 4.69) is 10.5 Å². The van der Waals surface area contributed by atoms with Crippen LogP contribution < -0.4 is 11.1 Å². The molecule has 0 aliphatic heterocycles. The Morgan fingerprint density at radius 3 is 2.72 bits per heavy atom. The Balaban J connectivity index is 2.38. The van der Waals surface area contributed by atoms with Crippen LogP contribution in [-0.4, -0.2) is 17.6 Å². The Labute approximate surface area is 107 Å². The molecule has 18 heavy (non-hydrogen) atoms. The molecule has 0 aromatic heterocycles. The van der Waals surface area contributed by atoms with E-state index < -0.39 is 0 Å². The average molecular weight is 253 g/mol. The van der Waals surface area contributed by atoms with Crippen LogP contribution in [0.1, 0.15) is 26.7 Å². The SMILES string of the molecule is CC(C)(CCCNc1ccccc1F)C(N)=NO. The Kier molecular flexibility index (Phi) is 4.95. The predicted octanol–water partition coefficient (Wildman–Crippen LogP) is 2.79. The number of oxime groups is 1. The van der Waals surface area contributed by atoms with Gasteiger partial charge in [-0.15, -0.1) is 0 Å². The normalized spacial score (nSPS) is 12.5. The summed E-state index contributed by atoms with van der Waals surface area (Å²) in [5.74, 6) is -0.0402. The van der Waals surface area contributed by atoms with Gasteiger partial charge in [-0.1, -0.05) is 31.1 Å². The number of hydrogen-bond acceptors (Lipinski definition) is 3. The lowest BCUT2D eigenvalue weighted by atomic mass is 9.86. The largest absolute Gasteiger partial charge is 0.409 e. The van der Waals surface area contributed by atoms with E-state index >= 15 is 0 Å². The summed E-state index contributed by atoms with van der Waals surface area (Å²) in [7, 11) is 0. The van der Waals surface area contributed by atoms with Crippen LogP contribution in [-0.2, 0) is 0 Å². The molecule has 0 aliphatic rings. The molecule has 1 rings (SSSR count). The second kappa shape index (κ2) is 6.23. The van der Waals surface area contributed by atoms with Crippen LogP contribution in [0, 0.1) is 11.2 Å². The van der Waals surface area contributed by atoms with Crippen LogP contribution in [0.25, 0.3) is 0 Å². The average Bonchev–Trinajstić information content (AvgIpc) is 2.35. The molecule has 0 aliphatic carbocycles. The van der Waals surface area contributed by atoms with Gasteiger partial charge in [0.05, 0.1) is 5.69 Å². The van der Waals surface area contributed by atoms with Crippen molar-refractivity contribution in [1.29, 1.82) is 0 Å². The number of nitrogens with one attached hydrogen (secondary N) is 1. The van der Waals surface area contributed by atoms with Crippen LogP contribution in [0.5, 0.6) is 0 Å². The molecule has 5 heteroatoms. The molecule has 0 unspecified atom stereocenters. The molecule has 1 aromatic carbocycles. The summed E-state index contributed by atoms with van der Waals surface area (Å²) in [4.78, 5) is 0. The van der Waals surface area contributed by atoms with Gasteiger partial charge in [0.1, 0.15) is 11.7 Å². The van der Waals surface area contributed by atoms with Crippen molar-refractivity contribution in [3.63, 3.8) is 0 Å². The number of nitrogens with two attached hydrogens (primary N) is 1. The fourth-order valence-corrected chi connectivity index (χ4v) is 1.62. The minimum atomic E-state index is -0.355. The first-order valence-corrected chi connectivity index (χ1v) is 5.94. The molecule has 0 radical (unpaired) electrons. The topological polar surface area (TPSA) is 70.6 Å². The lowest BCUT2D eigenvalue weighted by Gasteiger charge is -2.22. The van der Waals surface area contributed by atoms with Crippen molar-refractivity contribution in [1.82, 2.24) is 0 Å². The third-order valence-electron chi connectivity index (χ3n) is 2.97. The summed E-state index contributed by atoms with van der Waals surface area (Å²) in [6, 6.07) is 6.56. The highest BCUT2D eigenvalue weighted by Gasteiger charge is 2.22. The van der Waals surface area contributed by atoms with Gasteiger partial charge in [0, 0.05) is 12.0 Å². The molecule has 0 heterocycles. The Morgan fingerprint density at radius 2 is 2.11 bits per heavy atom. The van der Waals surface area contributed by atoms with E-state index in [1.165, 1.54) is 6.07 Å². The maximum Gasteiger partial charge on any atom is 0.146 e. The molecular formula is C13H20FN3O. The van der Waals surface area contributed by atoms with Gasteiger partial charge in [-0.3, -0.25) is 0 Å². The maximum absolute atomic E-state index is 13.3. The minimum Gasteiger partial charge on any atom is -0.409 e. The molecule has 4 nitrogen and oxygen atoms in total. The summed E-state index contributed by atoms with van der Waals surface area (Å²) in [5, 5.41) is 14.7. The molecule has 100 valence electrons.